The molecule has 0 spiro atoms. The van der Waals surface area contributed by atoms with E-state index < -0.39 is 51.9 Å². The Kier molecular flexibility index (Phi) is 9.91. The molecule has 2 amide bonds. The highest BCUT2D eigenvalue weighted by molar-refractivity contribution is 7.92. The third-order valence-electron chi connectivity index (χ3n) is 5.24. The quantitative estimate of drug-likeness (QED) is 0.448. The Labute approximate surface area is 222 Å². The van der Waals surface area contributed by atoms with Gasteiger partial charge in [0.05, 0.1) is 22.5 Å². The number of nitrogens with one attached hydrogen (secondary N) is 1. The summed E-state index contributed by atoms with van der Waals surface area (Å²) in [5.74, 6) is -1.43. The number of hydrogen-bond donors (Lipinski definition) is 1. The molecule has 0 fully saturated rings. The maximum atomic E-state index is 13.5. The molecule has 14 heteroatoms. The normalized spacial score (nSPS) is 12.7. The summed E-state index contributed by atoms with van der Waals surface area (Å²) in [5.41, 5.74) is -1.38. The second-order valence-corrected chi connectivity index (χ2v) is 10.8. The fourth-order valence-electron chi connectivity index (χ4n) is 3.41. The molecule has 198 valence electrons. The second-order valence-electron chi connectivity index (χ2n) is 7.69. The number of halogens is 6. The van der Waals surface area contributed by atoms with Crippen molar-refractivity contribution in [1.82, 2.24) is 10.2 Å². The highest BCUT2D eigenvalue weighted by Gasteiger charge is 2.35. The Morgan fingerprint density at radius 1 is 1.06 bits per heavy atom. The predicted octanol–water partition coefficient (Wildman–Crippen LogP) is 4.99. The fraction of sp³-hybridized carbons (Fsp3) is 0.364. The van der Waals surface area contributed by atoms with Crippen molar-refractivity contribution in [1.29, 1.82) is 0 Å². The number of anilines is 1. The summed E-state index contributed by atoms with van der Waals surface area (Å²) in [6, 6.07) is 5.70. The smallest absolute Gasteiger partial charge is 0.357 e. The summed E-state index contributed by atoms with van der Waals surface area (Å²) in [7, 11) is -2.93. The molecule has 1 atom stereocenters. The third kappa shape index (κ3) is 7.18. The van der Waals surface area contributed by atoms with Crippen LogP contribution in [0.5, 0.6) is 0 Å². The minimum absolute atomic E-state index is 0.136. The molecule has 0 aliphatic heterocycles. The molecule has 0 aromatic heterocycles. The molecule has 1 N–H and O–H groups in total. The number of rotatable bonds is 9. The monoisotopic (exact) mass is 587 g/mol. The summed E-state index contributed by atoms with van der Waals surface area (Å²) < 4.78 is 65.5. The van der Waals surface area contributed by atoms with Gasteiger partial charge in [-0.25, -0.2) is 8.42 Å². The van der Waals surface area contributed by atoms with E-state index in [1.165, 1.54) is 19.2 Å². The van der Waals surface area contributed by atoms with Crippen LogP contribution in [0.3, 0.4) is 0 Å². The molecular weight excluding hydrogens is 566 g/mol. The van der Waals surface area contributed by atoms with Crippen molar-refractivity contribution in [3.8, 4) is 0 Å². The summed E-state index contributed by atoms with van der Waals surface area (Å²) in [6.45, 7) is 0.430. The van der Waals surface area contributed by atoms with Crippen molar-refractivity contribution in [3.05, 3.63) is 62.6 Å². The Morgan fingerprint density at radius 3 is 2.11 bits per heavy atom. The first-order valence-corrected chi connectivity index (χ1v) is 13.4. The van der Waals surface area contributed by atoms with E-state index in [9.17, 15) is 31.2 Å². The molecule has 0 saturated carbocycles. The molecule has 0 bridgehead atoms. The van der Waals surface area contributed by atoms with Gasteiger partial charge in [-0.1, -0.05) is 47.8 Å². The number of hydrogen-bond acceptors (Lipinski definition) is 4. The zero-order valence-electron chi connectivity index (χ0n) is 19.4. The lowest BCUT2D eigenvalue weighted by atomic mass is 10.1. The van der Waals surface area contributed by atoms with Crippen molar-refractivity contribution >= 4 is 62.3 Å². The van der Waals surface area contributed by atoms with Crippen LogP contribution in [0.1, 0.15) is 24.5 Å². The predicted molar refractivity (Wildman–Crippen MR) is 134 cm³/mol. The highest BCUT2D eigenvalue weighted by atomic mass is 35.5. The number of carbonyl (C=O) groups is 2. The van der Waals surface area contributed by atoms with Crippen molar-refractivity contribution in [2.24, 2.45) is 0 Å². The molecule has 36 heavy (non-hydrogen) atoms. The first-order chi connectivity index (χ1) is 16.6. The third-order valence-corrected chi connectivity index (χ3v) is 7.40. The molecule has 0 unspecified atom stereocenters. The van der Waals surface area contributed by atoms with Crippen molar-refractivity contribution in [2.45, 2.75) is 32.1 Å². The van der Waals surface area contributed by atoms with E-state index in [1.54, 1.807) is 13.0 Å². The van der Waals surface area contributed by atoms with Gasteiger partial charge in [0.1, 0.15) is 12.6 Å². The number of nitrogens with zero attached hydrogens (tertiary/aromatic N) is 2. The van der Waals surface area contributed by atoms with Crippen molar-refractivity contribution in [2.75, 3.05) is 24.2 Å². The standard InChI is InChI=1S/C22H23Cl3F3N3O4S/c1-4-18(21(33)29-2)30(11-14-15(23)6-5-7-16(14)24)20(32)12-31(36(3,34)35)19-10-13(22(26,27)28)8-9-17(19)25/h5-10,18H,4,11-12H2,1-3H3,(H,29,33)/t18-/m0/s1. The Balaban J connectivity index is 2.59. The largest absolute Gasteiger partial charge is 0.416 e. The molecule has 0 saturated heterocycles. The molecule has 7 nitrogen and oxygen atoms in total. The van der Waals surface area contributed by atoms with Crippen LogP contribution in [0, 0.1) is 0 Å². The van der Waals surface area contributed by atoms with E-state index in [2.05, 4.69) is 5.32 Å². The zero-order valence-corrected chi connectivity index (χ0v) is 22.5. The van der Waals surface area contributed by atoms with E-state index >= 15 is 0 Å². The van der Waals surface area contributed by atoms with Gasteiger partial charge in [0.15, 0.2) is 0 Å². The zero-order chi connectivity index (χ0) is 27.4. The first kappa shape index (κ1) is 30.0. The van der Waals surface area contributed by atoms with Crippen LogP contribution in [0.25, 0.3) is 0 Å². The van der Waals surface area contributed by atoms with E-state index in [0.29, 0.717) is 22.0 Å². The molecule has 0 aliphatic rings. The maximum absolute atomic E-state index is 13.5. The van der Waals surface area contributed by atoms with Crippen LogP contribution in [0.2, 0.25) is 15.1 Å². The van der Waals surface area contributed by atoms with Gasteiger partial charge in [0.25, 0.3) is 0 Å². The lowest BCUT2D eigenvalue weighted by Gasteiger charge is -2.33. The number of carbonyl (C=O) groups excluding carboxylic acids is 2. The van der Waals surface area contributed by atoms with Gasteiger partial charge in [-0.2, -0.15) is 13.2 Å². The number of benzene rings is 2. The van der Waals surface area contributed by atoms with Crippen LogP contribution in [0.15, 0.2) is 36.4 Å². The summed E-state index contributed by atoms with van der Waals surface area (Å²) in [5, 5.41) is 2.52. The van der Waals surface area contributed by atoms with Crippen LogP contribution in [-0.2, 0) is 32.3 Å². The molecule has 2 aromatic rings. The van der Waals surface area contributed by atoms with Crippen LogP contribution < -0.4 is 9.62 Å². The van der Waals surface area contributed by atoms with Gasteiger partial charge in [0.2, 0.25) is 21.8 Å². The van der Waals surface area contributed by atoms with Gasteiger partial charge >= 0.3 is 6.18 Å². The average molecular weight is 589 g/mol. The summed E-state index contributed by atoms with van der Waals surface area (Å²) in [6.07, 6.45) is -3.93. The van der Waals surface area contributed by atoms with Crippen LogP contribution in [-0.4, -0.2) is 51.0 Å². The molecule has 2 rings (SSSR count). The van der Waals surface area contributed by atoms with Gasteiger partial charge in [-0.05, 0) is 36.8 Å². The first-order valence-electron chi connectivity index (χ1n) is 10.4. The number of sulfonamides is 1. The van der Waals surface area contributed by atoms with Gasteiger partial charge in [0, 0.05) is 29.2 Å². The highest BCUT2D eigenvalue weighted by Crippen LogP contribution is 2.36. The minimum atomic E-state index is -4.79. The van der Waals surface area contributed by atoms with Crippen molar-refractivity contribution < 1.29 is 31.2 Å². The average Bonchev–Trinajstić information content (AvgIpc) is 2.77. The second kappa shape index (κ2) is 11.9. The maximum Gasteiger partial charge on any atom is 0.416 e. The lowest BCUT2D eigenvalue weighted by molar-refractivity contribution is -0.140. The van der Waals surface area contributed by atoms with Gasteiger partial charge in [-0.3, -0.25) is 13.9 Å². The van der Waals surface area contributed by atoms with Crippen LogP contribution in [0.4, 0.5) is 18.9 Å². The Hall–Kier alpha value is -2.21. The minimum Gasteiger partial charge on any atom is -0.357 e. The molecule has 0 heterocycles. The van der Waals surface area contributed by atoms with Crippen LogP contribution >= 0.6 is 34.8 Å². The summed E-state index contributed by atoms with van der Waals surface area (Å²) >= 11 is 18.5. The number of amides is 2. The SMILES string of the molecule is CC[C@@H](C(=O)NC)N(Cc1c(Cl)cccc1Cl)C(=O)CN(c1cc(C(F)(F)F)ccc1Cl)S(C)(=O)=O. The van der Waals surface area contributed by atoms with Gasteiger partial charge in [-0.15, -0.1) is 0 Å². The van der Waals surface area contributed by atoms with E-state index in [0.717, 1.165) is 17.2 Å². The van der Waals surface area contributed by atoms with E-state index in [4.69, 9.17) is 34.8 Å². The molecule has 0 radical (unpaired) electrons. The van der Waals surface area contributed by atoms with Crippen molar-refractivity contribution in [3.63, 3.8) is 0 Å². The fourth-order valence-corrected chi connectivity index (χ4v) is 5.05. The Bertz CT molecular complexity index is 1220. The summed E-state index contributed by atoms with van der Waals surface area (Å²) in [4.78, 5) is 27.1. The van der Waals surface area contributed by atoms with E-state index in [-0.39, 0.29) is 28.0 Å². The molecular formula is C22H23Cl3F3N3O4S. The van der Waals surface area contributed by atoms with Gasteiger partial charge < -0.3 is 10.2 Å². The lowest BCUT2D eigenvalue weighted by Crippen LogP contribution is -2.51. The Morgan fingerprint density at radius 2 is 1.64 bits per heavy atom. The number of likely N-dealkylation sites (N-methyl/N-ethyl adjacent to an activating group) is 1. The molecule has 0 aliphatic carbocycles. The van der Waals surface area contributed by atoms with E-state index in [1.807, 2.05) is 0 Å². The molecule has 2 aromatic carbocycles. The number of alkyl halides is 3. The topological polar surface area (TPSA) is 86.8 Å².